The lowest BCUT2D eigenvalue weighted by Crippen LogP contribution is -2.15. The van der Waals surface area contributed by atoms with Crippen molar-refractivity contribution in [1.82, 2.24) is 0 Å². The lowest BCUT2D eigenvalue weighted by Gasteiger charge is -2.16. The molecule has 0 unspecified atom stereocenters. The predicted octanol–water partition coefficient (Wildman–Crippen LogP) is 3.73. The van der Waals surface area contributed by atoms with Crippen molar-refractivity contribution in [3.63, 3.8) is 0 Å². The summed E-state index contributed by atoms with van der Waals surface area (Å²) in [7, 11) is 0. The molecule has 1 nitrogen and oxygen atoms in total. The Kier molecular flexibility index (Phi) is 3.93. The van der Waals surface area contributed by atoms with Gasteiger partial charge in [-0.2, -0.15) is 0 Å². The average molecular weight is 195 g/mol. The summed E-state index contributed by atoms with van der Waals surface area (Å²) in [5.74, 6) is -0.170. The maximum atomic E-state index is 12.8. The van der Waals surface area contributed by atoms with Crippen LogP contribution in [0.1, 0.15) is 32.3 Å². The van der Waals surface area contributed by atoms with Gasteiger partial charge in [0.25, 0.3) is 0 Å². The third kappa shape index (κ3) is 3.02. The SMILES string of the molecule is CCC[C@H](C)Nc1ccc(F)cc1C. The van der Waals surface area contributed by atoms with E-state index in [0.717, 1.165) is 24.1 Å². The van der Waals surface area contributed by atoms with Gasteiger partial charge < -0.3 is 5.32 Å². The van der Waals surface area contributed by atoms with Crippen molar-refractivity contribution in [3.05, 3.63) is 29.6 Å². The summed E-state index contributed by atoms with van der Waals surface area (Å²) in [6.45, 7) is 6.23. The maximum absolute atomic E-state index is 12.8. The van der Waals surface area contributed by atoms with Gasteiger partial charge in [-0.3, -0.25) is 0 Å². The Morgan fingerprint density at radius 2 is 2.14 bits per heavy atom. The lowest BCUT2D eigenvalue weighted by atomic mass is 10.1. The fraction of sp³-hybridized carbons (Fsp3) is 0.500. The molecular formula is C12H18FN. The smallest absolute Gasteiger partial charge is 0.123 e. The van der Waals surface area contributed by atoms with E-state index in [-0.39, 0.29) is 5.82 Å². The Hall–Kier alpha value is -1.05. The molecule has 0 saturated carbocycles. The summed E-state index contributed by atoms with van der Waals surface area (Å²) in [6, 6.07) is 5.30. The fourth-order valence-corrected chi connectivity index (χ4v) is 1.56. The molecule has 1 N–H and O–H groups in total. The Balaban J connectivity index is 2.67. The topological polar surface area (TPSA) is 12.0 Å². The van der Waals surface area contributed by atoms with Crippen LogP contribution in [0.25, 0.3) is 0 Å². The third-order valence-corrected chi connectivity index (χ3v) is 2.31. The highest BCUT2D eigenvalue weighted by atomic mass is 19.1. The average Bonchev–Trinajstić information content (AvgIpc) is 2.10. The van der Waals surface area contributed by atoms with Crippen molar-refractivity contribution in [2.24, 2.45) is 0 Å². The number of benzene rings is 1. The monoisotopic (exact) mass is 195 g/mol. The molecule has 0 fully saturated rings. The van der Waals surface area contributed by atoms with Gasteiger partial charge in [-0.25, -0.2) is 4.39 Å². The van der Waals surface area contributed by atoms with E-state index in [9.17, 15) is 4.39 Å². The molecule has 0 bridgehead atoms. The number of halogens is 1. The lowest BCUT2D eigenvalue weighted by molar-refractivity contribution is 0.626. The first-order chi connectivity index (χ1) is 6.63. The molecule has 1 aromatic rings. The van der Waals surface area contributed by atoms with E-state index in [1.165, 1.54) is 6.07 Å². The molecule has 78 valence electrons. The van der Waals surface area contributed by atoms with Gasteiger partial charge in [0, 0.05) is 11.7 Å². The van der Waals surface area contributed by atoms with Crippen LogP contribution in [0.2, 0.25) is 0 Å². The van der Waals surface area contributed by atoms with Crippen LogP contribution in [0.15, 0.2) is 18.2 Å². The summed E-state index contributed by atoms with van der Waals surface area (Å²) < 4.78 is 12.8. The van der Waals surface area contributed by atoms with Gasteiger partial charge in [0.05, 0.1) is 0 Å². The molecule has 1 rings (SSSR count). The highest BCUT2D eigenvalue weighted by molar-refractivity contribution is 5.51. The Labute approximate surface area is 85.3 Å². The molecule has 0 amide bonds. The van der Waals surface area contributed by atoms with Gasteiger partial charge >= 0.3 is 0 Å². The second-order valence-electron chi connectivity index (χ2n) is 3.79. The molecule has 0 aliphatic carbocycles. The van der Waals surface area contributed by atoms with Crippen molar-refractivity contribution >= 4 is 5.69 Å². The zero-order chi connectivity index (χ0) is 10.6. The highest BCUT2D eigenvalue weighted by Gasteiger charge is 2.03. The van der Waals surface area contributed by atoms with E-state index < -0.39 is 0 Å². The van der Waals surface area contributed by atoms with Crippen molar-refractivity contribution in [3.8, 4) is 0 Å². The first kappa shape index (κ1) is 11.0. The van der Waals surface area contributed by atoms with Crippen LogP contribution in [0.5, 0.6) is 0 Å². The molecule has 0 radical (unpaired) electrons. The van der Waals surface area contributed by atoms with E-state index in [4.69, 9.17) is 0 Å². The van der Waals surface area contributed by atoms with Crippen LogP contribution in [-0.2, 0) is 0 Å². The van der Waals surface area contributed by atoms with Gasteiger partial charge in [0.1, 0.15) is 5.82 Å². The number of aryl methyl sites for hydroxylation is 1. The summed E-state index contributed by atoms with van der Waals surface area (Å²) in [4.78, 5) is 0. The summed E-state index contributed by atoms with van der Waals surface area (Å²) >= 11 is 0. The van der Waals surface area contributed by atoms with Crippen LogP contribution < -0.4 is 5.32 Å². The predicted molar refractivity (Wildman–Crippen MR) is 59.1 cm³/mol. The normalized spacial score (nSPS) is 12.6. The van der Waals surface area contributed by atoms with E-state index >= 15 is 0 Å². The Morgan fingerprint density at radius 1 is 1.43 bits per heavy atom. The van der Waals surface area contributed by atoms with Gasteiger partial charge in [-0.05, 0) is 44.0 Å². The first-order valence-electron chi connectivity index (χ1n) is 5.16. The molecule has 1 aromatic carbocycles. The summed E-state index contributed by atoms with van der Waals surface area (Å²) in [6.07, 6.45) is 2.30. The molecule has 0 aromatic heterocycles. The second kappa shape index (κ2) is 4.99. The van der Waals surface area contributed by atoms with Gasteiger partial charge in [0.2, 0.25) is 0 Å². The second-order valence-corrected chi connectivity index (χ2v) is 3.79. The maximum Gasteiger partial charge on any atom is 0.123 e. The number of rotatable bonds is 4. The van der Waals surface area contributed by atoms with Crippen LogP contribution in [-0.4, -0.2) is 6.04 Å². The van der Waals surface area contributed by atoms with Gasteiger partial charge in [-0.15, -0.1) is 0 Å². The molecule has 0 aliphatic rings. The minimum Gasteiger partial charge on any atom is -0.382 e. The molecule has 0 saturated heterocycles. The minimum atomic E-state index is -0.170. The summed E-state index contributed by atoms with van der Waals surface area (Å²) in [5.41, 5.74) is 2.00. The van der Waals surface area contributed by atoms with Crippen molar-refractivity contribution in [2.45, 2.75) is 39.7 Å². The van der Waals surface area contributed by atoms with E-state index in [1.54, 1.807) is 12.1 Å². The Bertz CT molecular complexity index is 296. The third-order valence-electron chi connectivity index (χ3n) is 2.31. The molecule has 2 heteroatoms. The van der Waals surface area contributed by atoms with Crippen LogP contribution in [0, 0.1) is 12.7 Å². The number of hydrogen-bond donors (Lipinski definition) is 1. The van der Waals surface area contributed by atoms with Crippen LogP contribution >= 0.6 is 0 Å². The zero-order valence-corrected chi connectivity index (χ0v) is 9.10. The molecule has 0 heterocycles. The molecular weight excluding hydrogens is 177 g/mol. The van der Waals surface area contributed by atoms with Crippen LogP contribution in [0.4, 0.5) is 10.1 Å². The van der Waals surface area contributed by atoms with Crippen molar-refractivity contribution < 1.29 is 4.39 Å². The van der Waals surface area contributed by atoms with Gasteiger partial charge in [-0.1, -0.05) is 13.3 Å². The van der Waals surface area contributed by atoms with E-state index in [1.807, 2.05) is 6.92 Å². The zero-order valence-electron chi connectivity index (χ0n) is 9.10. The summed E-state index contributed by atoms with van der Waals surface area (Å²) in [5, 5.41) is 3.37. The number of nitrogens with one attached hydrogen (secondary N) is 1. The highest BCUT2D eigenvalue weighted by Crippen LogP contribution is 2.17. The standard InChI is InChI=1S/C12H18FN/c1-4-5-10(3)14-12-7-6-11(13)8-9(12)2/h6-8,10,14H,4-5H2,1-3H3/t10-/m0/s1. The Morgan fingerprint density at radius 3 is 2.71 bits per heavy atom. The molecule has 1 atom stereocenters. The van der Waals surface area contributed by atoms with Crippen molar-refractivity contribution in [2.75, 3.05) is 5.32 Å². The molecule has 0 spiro atoms. The van der Waals surface area contributed by atoms with E-state index in [2.05, 4.69) is 19.2 Å². The molecule has 0 aliphatic heterocycles. The fourth-order valence-electron chi connectivity index (χ4n) is 1.56. The molecule has 14 heavy (non-hydrogen) atoms. The number of hydrogen-bond acceptors (Lipinski definition) is 1. The van der Waals surface area contributed by atoms with Crippen molar-refractivity contribution in [1.29, 1.82) is 0 Å². The number of anilines is 1. The van der Waals surface area contributed by atoms with E-state index in [0.29, 0.717) is 6.04 Å². The first-order valence-corrected chi connectivity index (χ1v) is 5.16. The largest absolute Gasteiger partial charge is 0.382 e. The van der Waals surface area contributed by atoms with Crippen LogP contribution in [0.3, 0.4) is 0 Å². The van der Waals surface area contributed by atoms with Gasteiger partial charge in [0.15, 0.2) is 0 Å². The quantitative estimate of drug-likeness (QED) is 0.771. The minimum absolute atomic E-state index is 0.170.